The molecule has 164 valence electrons. The molecular formula is C22H29NO6S. The van der Waals surface area contributed by atoms with Crippen molar-refractivity contribution in [3.63, 3.8) is 0 Å². The second-order valence-corrected chi connectivity index (χ2v) is 8.31. The number of amides is 2. The Bertz CT molecular complexity index is 820. The zero-order valence-corrected chi connectivity index (χ0v) is 18.9. The fraction of sp³-hybridized carbons (Fsp3) is 0.500. The number of nitrogens with zero attached hydrogens (tertiary/aromatic N) is 1. The summed E-state index contributed by atoms with van der Waals surface area (Å²) in [5.74, 6) is 0.268. The van der Waals surface area contributed by atoms with E-state index in [0.717, 1.165) is 23.1 Å². The minimum atomic E-state index is -0.600. The van der Waals surface area contributed by atoms with E-state index in [4.69, 9.17) is 14.2 Å². The van der Waals surface area contributed by atoms with Gasteiger partial charge in [0.1, 0.15) is 6.54 Å². The van der Waals surface area contributed by atoms with Crippen molar-refractivity contribution in [3.8, 4) is 11.5 Å². The van der Waals surface area contributed by atoms with Crippen LogP contribution in [0.15, 0.2) is 23.1 Å². The molecule has 2 amide bonds. The summed E-state index contributed by atoms with van der Waals surface area (Å²) < 4.78 is 16.6. The number of thioether (sulfide) groups is 1. The van der Waals surface area contributed by atoms with Crippen LogP contribution in [0.4, 0.5) is 4.79 Å². The third kappa shape index (κ3) is 6.52. The monoisotopic (exact) mass is 435 g/mol. The predicted molar refractivity (Wildman–Crippen MR) is 116 cm³/mol. The fourth-order valence-electron chi connectivity index (χ4n) is 2.50. The zero-order valence-electron chi connectivity index (χ0n) is 18.1. The molecule has 0 radical (unpaired) electrons. The molecule has 0 unspecified atom stereocenters. The van der Waals surface area contributed by atoms with Gasteiger partial charge in [-0.3, -0.25) is 19.3 Å². The van der Waals surface area contributed by atoms with E-state index in [2.05, 4.69) is 0 Å². The molecule has 0 aromatic heterocycles. The van der Waals surface area contributed by atoms with Crippen molar-refractivity contribution in [2.75, 3.05) is 19.8 Å². The highest BCUT2D eigenvalue weighted by Gasteiger charge is 2.36. The van der Waals surface area contributed by atoms with Gasteiger partial charge in [0, 0.05) is 0 Å². The van der Waals surface area contributed by atoms with Crippen LogP contribution in [0.3, 0.4) is 0 Å². The van der Waals surface area contributed by atoms with Gasteiger partial charge in [-0.05, 0) is 61.7 Å². The predicted octanol–water partition coefficient (Wildman–Crippen LogP) is 4.50. The molecule has 0 spiro atoms. The van der Waals surface area contributed by atoms with E-state index in [1.807, 2.05) is 34.6 Å². The first kappa shape index (κ1) is 23.8. The summed E-state index contributed by atoms with van der Waals surface area (Å²) in [6.45, 7) is 10.0. The lowest BCUT2D eigenvalue weighted by Gasteiger charge is -2.16. The first-order valence-electron chi connectivity index (χ1n) is 10.1. The van der Waals surface area contributed by atoms with Crippen LogP contribution in [0.2, 0.25) is 0 Å². The minimum absolute atomic E-state index is 0.0435. The van der Waals surface area contributed by atoms with E-state index < -0.39 is 17.1 Å². The Hall–Kier alpha value is -2.48. The Kier molecular flexibility index (Phi) is 8.77. The quantitative estimate of drug-likeness (QED) is 0.395. The molecule has 1 fully saturated rings. The van der Waals surface area contributed by atoms with Gasteiger partial charge in [0.2, 0.25) is 0 Å². The molecule has 0 N–H and O–H groups in total. The molecule has 0 bridgehead atoms. The maximum atomic E-state index is 12.6. The number of ether oxygens (including phenoxy) is 3. The maximum Gasteiger partial charge on any atom is 0.326 e. The number of hydrogen-bond donors (Lipinski definition) is 0. The zero-order chi connectivity index (χ0) is 22.3. The molecule has 0 aliphatic carbocycles. The summed E-state index contributed by atoms with van der Waals surface area (Å²) in [5, 5.41) is -0.491. The summed E-state index contributed by atoms with van der Waals surface area (Å²) in [6, 6.07) is 5.35. The Morgan fingerprint density at radius 1 is 1.17 bits per heavy atom. The third-order valence-electron chi connectivity index (χ3n) is 4.21. The number of carbonyl (C=O) groups is 3. The average molecular weight is 436 g/mol. The van der Waals surface area contributed by atoms with Crippen molar-refractivity contribution in [1.82, 2.24) is 4.90 Å². The highest BCUT2D eigenvalue weighted by molar-refractivity contribution is 8.18. The number of esters is 1. The number of benzene rings is 1. The van der Waals surface area contributed by atoms with Gasteiger partial charge < -0.3 is 14.2 Å². The lowest BCUT2D eigenvalue weighted by atomic mass is 10.1. The van der Waals surface area contributed by atoms with Crippen LogP contribution in [-0.4, -0.2) is 47.9 Å². The van der Waals surface area contributed by atoms with Crippen molar-refractivity contribution >= 4 is 35.0 Å². The van der Waals surface area contributed by atoms with E-state index in [1.165, 1.54) is 0 Å². The smallest absolute Gasteiger partial charge is 0.326 e. The lowest BCUT2D eigenvalue weighted by Crippen LogP contribution is -2.34. The number of hydrogen-bond acceptors (Lipinski definition) is 7. The van der Waals surface area contributed by atoms with E-state index in [-0.39, 0.29) is 30.1 Å². The second-order valence-electron chi connectivity index (χ2n) is 7.32. The van der Waals surface area contributed by atoms with E-state index >= 15 is 0 Å². The van der Waals surface area contributed by atoms with Crippen molar-refractivity contribution in [3.05, 3.63) is 28.7 Å². The van der Waals surface area contributed by atoms with E-state index in [0.29, 0.717) is 23.7 Å². The van der Waals surface area contributed by atoms with Crippen molar-refractivity contribution in [2.24, 2.45) is 5.92 Å². The van der Waals surface area contributed by atoms with Crippen LogP contribution in [0.25, 0.3) is 6.08 Å². The average Bonchev–Trinajstić information content (AvgIpc) is 2.95. The van der Waals surface area contributed by atoms with Crippen LogP contribution in [0, 0.1) is 5.92 Å². The van der Waals surface area contributed by atoms with Gasteiger partial charge in [-0.15, -0.1) is 0 Å². The summed E-state index contributed by atoms with van der Waals surface area (Å²) in [4.78, 5) is 37.9. The van der Waals surface area contributed by atoms with Crippen LogP contribution in [0.5, 0.6) is 11.5 Å². The summed E-state index contributed by atoms with van der Waals surface area (Å²) >= 11 is 0.799. The van der Waals surface area contributed by atoms with Crippen LogP contribution in [-0.2, 0) is 14.3 Å². The van der Waals surface area contributed by atoms with Crippen LogP contribution >= 0.6 is 11.8 Å². The normalized spacial score (nSPS) is 16.3. The molecule has 7 nitrogen and oxygen atoms in total. The molecule has 1 aromatic rings. The van der Waals surface area contributed by atoms with Crippen LogP contribution in [0.1, 0.15) is 46.6 Å². The Balaban J connectivity index is 2.16. The van der Waals surface area contributed by atoms with Gasteiger partial charge in [-0.2, -0.15) is 0 Å². The SMILES string of the molecule is CCOc1cc(/C=C2/SC(=O)N(CC(=O)OCC(C)C)C2=O)ccc1O[C@@H](C)CC. The van der Waals surface area contributed by atoms with Crippen molar-refractivity contribution in [2.45, 2.75) is 47.1 Å². The molecule has 1 atom stereocenters. The molecule has 1 heterocycles. The molecule has 1 saturated heterocycles. The summed E-state index contributed by atoms with van der Waals surface area (Å²) in [5.41, 5.74) is 0.697. The topological polar surface area (TPSA) is 82.1 Å². The van der Waals surface area contributed by atoms with Crippen LogP contribution < -0.4 is 9.47 Å². The van der Waals surface area contributed by atoms with Crippen molar-refractivity contribution < 1.29 is 28.6 Å². The van der Waals surface area contributed by atoms with Gasteiger partial charge >= 0.3 is 5.97 Å². The lowest BCUT2D eigenvalue weighted by molar-refractivity contribution is -0.147. The first-order valence-corrected chi connectivity index (χ1v) is 10.9. The molecule has 1 aliphatic rings. The van der Waals surface area contributed by atoms with Gasteiger partial charge in [0.15, 0.2) is 11.5 Å². The van der Waals surface area contributed by atoms with Gasteiger partial charge in [-0.25, -0.2) is 0 Å². The van der Waals surface area contributed by atoms with Gasteiger partial charge in [0.05, 0.1) is 24.2 Å². The van der Waals surface area contributed by atoms with Crippen molar-refractivity contribution in [1.29, 1.82) is 0 Å². The molecule has 1 aromatic carbocycles. The highest BCUT2D eigenvalue weighted by atomic mass is 32.2. The second kappa shape index (κ2) is 11.1. The highest BCUT2D eigenvalue weighted by Crippen LogP contribution is 2.35. The molecule has 1 aliphatic heterocycles. The standard InChI is InChI=1S/C22H29NO6S/c1-6-15(5)29-17-9-8-16(10-18(17)27-7-2)11-19-21(25)23(22(26)30-19)12-20(24)28-13-14(3)4/h8-11,14-15H,6-7,12-13H2,1-5H3/b19-11+/t15-/m0/s1. The molecule has 8 heteroatoms. The largest absolute Gasteiger partial charge is 0.490 e. The summed E-state index contributed by atoms with van der Waals surface area (Å²) in [7, 11) is 0. The molecule has 30 heavy (non-hydrogen) atoms. The Labute approximate surface area is 181 Å². The third-order valence-corrected chi connectivity index (χ3v) is 5.11. The Morgan fingerprint density at radius 2 is 1.90 bits per heavy atom. The summed E-state index contributed by atoms with van der Waals surface area (Å²) in [6.07, 6.45) is 2.52. The van der Waals surface area contributed by atoms with E-state index in [1.54, 1.807) is 24.3 Å². The van der Waals surface area contributed by atoms with Gasteiger partial charge in [0.25, 0.3) is 11.1 Å². The molecule has 0 saturated carbocycles. The van der Waals surface area contributed by atoms with E-state index in [9.17, 15) is 14.4 Å². The van der Waals surface area contributed by atoms with Gasteiger partial charge in [-0.1, -0.05) is 26.8 Å². The molecule has 2 rings (SSSR count). The number of rotatable bonds is 10. The minimum Gasteiger partial charge on any atom is -0.490 e. The number of imide groups is 1. The Morgan fingerprint density at radius 3 is 2.53 bits per heavy atom. The first-order chi connectivity index (χ1) is 14.2. The fourth-order valence-corrected chi connectivity index (χ4v) is 3.34. The molecular weight excluding hydrogens is 406 g/mol. The number of carbonyl (C=O) groups excluding carboxylic acids is 3. The maximum absolute atomic E-state index is 12.6.